The van der Waals surface area contributed by atoms with Crippen LogP contribution in [0.2, 0.25) is 0 Å². The summed E-state index contributed by atoms with van der Waals surface area (Å²) in [5.41, 5.74) is 1.81. The maximum atomic E-state index is 5.19. The molecule has 1 heterocycles. The van der Waals surface area contributed by atoms with Crippen LogP contribution in [0, 0.1) is 0 Å². The van der Waals surface area contributed by atoms with Crippen molar-refractivity contribution in [3.05, 3.63) is 71.2 Å². The molecule has 1 N–H and O–H groups in total. The number of benzene rings is 1. The number of anilines is 1. The molecule has 1 aromatic heterocycles. The highest BCUT2D eigenvalue weighted by Gasteiger charge is 1.93. The summed E-state index contributed by atoms with van der Waals surface area (Å²) >= 11 is 3.39. The van der Waals surface area contributed by atoms with Gasteiger partial charge in [-0.25, -0.2) is 0 Å². The fourth-order valence-corrected chi connectivity index (χ4v) is 1.59. The Kier molecular flexibility index (Phi) is 3.83. The Hall–Kier alpha value is -1.74. The minimum atomic E-state index is 0.809. The van der Waals surface area contributed by atoms with E-state index in [0.29, 0.717) is 0 Å². The van der Waals surface area contributed by atoms with Crippen LogP contribution in [0.15, 0.2) is 69.9 Å². The van der Waals surface area contributed by atoms with Crippen LogP contribution in [0.1, 0.15) is 5.76 Å². The summed E-state index contributed by atoms with van der Waals surface area (Å²) < 4.78 is 6.24. The van der Waals surface area contributed by atoms with Gasteiger partial charge in [0.1, 0.15) is 5.76 Å². The summed E-state index contributed by atoms with van der Waals surface area (Å²) in [7, 11) is 0. The number of furan rings is 1. The molecule has 0 spiro atoms. The van der Waals surface area contributed by atoms with Gasteiger partial charge in [-0.3, -0.25) is 0 Å². The second-order valence-electron chi connectivity index (χ2n) is 3.51. The number of rotatable bonds is 4. The lowest BCUT2D eigenvalue weighted by Gasteiger charge is -2.05. The van der Waals surface area contributed by atoms with Crippen LogP contribution in [0.25, 0.3) is 6.08 Å². The van der Waals surface area contributed by atoms with E-state index in [1.54, 1.807) is 6.26 Å². The number of hydrogen-bond donors (Lipinski definition) is 1. The summed E-state index contributed by atoms with van der Waals surface area (Å²) in [6.07, 6.45) is 5.39. The smallest absolute Gasteiger partial charge is 0.126 e. The third-order valence-corrected chi connectivity index (χ3v) is 2.67. The summed E-state index contributed by atoms with van der Waals surface area (Å²) in [6, 6.07) is 11.7. The van der Waals surface area contributed by atoms with Crippen molar-refractivity contribution in [3.8, 4) is 0 Å². The Labute approximate surface area is 109 Å². The lowest BCUT2D eigenvalue weighted by Crippen LogP contribution is -1.94. The van der Waals surface area contributed by atoms with Crippen molar-refractivity contribution in [2.45, 2.75) is 0 Å². The van der Waals surface area contributed by atoms with Crippen molar-refractivity contribution in [3.63, 3.8) is 0 Å². The van der Waals surface area contributed by atoms with E-state index in [-0.39, 0.29) is 0 Å². The van der Waals surface area contributed by atoms with Crippen molar-refractivity contribution in [2.75, 3.05) is 5.32 Å². The minimum absolute atomic E-state index is 0.809. The molecule has 0 atom stereocenters. The summed E-state index contributed by atoms with van der Waals surface area (Å²) in [5.74, 6) is 0.809. The zero-order chi connectivity index (χ0) is 12.1. The first-order valence-corrected chi connectivity index (χ1v) is 5.96. The van der Waals surface area contributed by atoms with E-state index in [4.69, 9.17) is 4.42 Å². The molecule has 3 heteroatoms. The van der Waals surface area contributed by atoms with E-state index in [1.807, 2.05) is 48.6 Å². The fraction of sp³-hybridized carbons (Fsp3) is 0. The first kappa shape index (κ1) is 11.7. The summed E-state index contributed by atoms with van der Waals surface area (Å²) in [4.78, 5) is 0. The number of nitrogens with one attached hydrogen (secondary N) is 1. The van der Waals surface area contributed by atoms with Gasteiger partial charge in [0.2, 0.25) is 0 Å². The highest BCUT2D eigenvalue weighted by atomic mass is 79.9. The average molecular weight is 290 g/mol. The highest BCUT2D eigenvalue weighted by molar-refractivity contribution is 9.10. The maximum Gasteiger partial charge on any atom is 0.126 e. The lowest BCUT2D eigenvalue weighted by molar-refractivity contribution is 0.557. The predicted molar refractivity (Wildman–Crippen MR) is 74.6 cm³/mol. The van der Waals surface area contributed by atoms with Crippen LogP contribution in [-0.4, -0.2) is 0 Å². The van der Waals surface area contributed by atoms with Gasteiger partial charge in [0, 0.05) is 15.9 Å². The van der Waals surface area contributed by atoms with Crippen molar-refractivity contribution in [2.24, 2.45) is 0 Å². The predicted octanol–water partition coefficient (Wildman–Crippen LogP) is 4.68. The van der Waals surface area contributed by atoms with Gasteiger partial charge in [-0.15, -0.1) is 0 Å². The van der Waals surface area contributed by atoms with Crippen LogP contribution in [0.3, 0.4) is 0 Å². The molecular weight excluding hydrogens is 278 g/mol. The second-order valence-corrected chi connectivity index (χ2v) is 4.42. The Morgan fingerprint density at radius 2 is 2.00 bits per heavy atom. The fourth-order valence-electron chi connectivity index (χ4n) is 1.33. The van der Waals surface area contributed by atoms with Gasteiger partial charge in [-0.05, 0) is 48.6 Å². The van der Waals surface area contributed by atoms with E-state index < -0.39 is 0 Å². The van der Waals surface area contributed by atoms with Gasteiger partial charge in [0.05, 0.1) is 6.26 Å². The Bertz CT molecular complexity index is 512. The molecule has 0 saturated heterocycles. The molecule has 0 aliphatic heterocycles. The van der Waals surface area contributed by atoms with E-state index in [2.05, 4.69) is 27.8 Å². The molecule has 1 aromatic carbocycles. The van der Waals surface area contributed by atoms with Crippen LogP contribution in [0.5, 0.6) is 0 Å². The standard InChI is InChI=1S/C14H12BrNO/c1-11(4-9-14-3-2-10-17-14)16-13-7-5-12(15)6-8-13/h2-10,16H,1H2/b9-4+. The third kappa shape index (κ3) is 3.64. The van der Waals surface area contributed by atoms with Crippen LogP contribution in [-0.2, 0) is 0 Å². The number of hydrogen-bond acceptors (Lipinski definition) is 2. The summed E-state index contributed by atoms with van der Waals surface area (Å²) in [6.45, 7) is 3.92. The Morgan fingerprint density at radius 3 is 2.65 bits per heavy atom. The molecule has 0 aliphatic carbocycles. The van der Waals surface area contributed by atoms with Gasteiger partial charge in [0.15, 0.2) is 0 Å². The normalized spacial score (nSPS) is 10.6. The molecule has 2 nitrogen and oxygen atoms in total. The van der Waals surface area contributed by atoms with Crippen LogP contribution < -0.4 is 5.32 Å². The molecule has 2 aromatic rings. The Balaban J connectivity index is 1.95. The van der Waals surface area contributed by atoms with Gasteiger partial charge < -0.3 is 9.73 Å². The van der Waals surface area contributed by atoms with E-state index >= 15 is 0 Å². The molecular formula is C14H12BrNO. The van der Waals surface area contributed by atoms with Crippen molar-refractivity contribution in [1.82, 2.24) is 0 Å². The van der Waals surface area contributed by atoms with E-state index in [0.717, 1.165) is 21.6 Å². The zero-order valence-corrected chi connectivity index (χ0v) is 10.8. The van der Waals surface area contributed by atoms with Crippen LogP contribution in [0.4, 0.5) is 5.69 Å². The largest absolute Gasteiger partial charge is 0.465 e. The molecule has 0 saturated carbocycles. The van der Waals surface area contributed by atoms with Crippen LogP contribution >= 0.6 is 15.9 Å². The van der Waals surface area contributed by atoms with Gasteiger partial charge >= 0.3 is 0 Å². The van der Waals surface area contributed by atoms with Gasteiger partial charge in [-0.1, -0.05) is 22.5 Å². The molecule has 0 fully saturated rings. The molecule has 17 heavy (non-hydrogen) atoms. The quantitative estimate of drug-likeness (QED) is 0.827. The molecule has 0 unspecified atom stereocenters. The lowest BCUT2D eigenvalue weighted by atomic mass is 10.3. The molecule has 0 bridgehead atoms. The average Bonchev–Trinajstić information content (AvgIpc) is 2.83. The minimum Gasteiger partial charge on any atom is -0.465 e. The second kappa shape index (κ2) is 5.55. The van der Waals surface area contributed by atoms with E-state index in [9.17, 15) is 0 Å². The first-order chi connectivity index (χ1) is 8.24. The third-order valence-electron chi connectivity index (χ3n) is 2.14. The van der Waals surface area contributed by atoms with Gasteiger partial charge in [-0.2, -0.15) is 0 Å². The van der Waals surface area contributed by atoms with Crippen molar-refractivity contribution in [1.29, 1.82) is 0 Å². The monoisotopic (exact) mass is 289 g/mol. The van der Waals surface area contributed by atoms with Crippen molar-refractivity contribution < 1.29 is 4.42 Å². The topological polar surface area (TPSA) is 25.2 Å². The molecule has 2 rings (SSSR count). The Morgan fingerprint density at radius 1 is 1.24 bits per heavy atom. The molecule has 86 valence electrons. The zero-order valence-electron chi connectivity index (χ0n) is 9.19. The number of allylic oxidation sites excluding steroid dienone is 1. The molecule has 0 aliphatic rings. The van der Waals surface area contributed by atoms with Gasteiger partial charge in [0.25, 0.3) is 0 Å². The molecule has 0 radical (unpaired) electrons. The molecule has 0 amide bonds. The highest BCUT2D eigenvalue weighted by Crippen LogP contribution is 2.16. The first-order valence-electron chi connectivity index (χ1n) is 5.17. The maximum absolute atomic E-state index is 5.19. The number of halogens is 1. The van der Waals surface area contributed by atoms with E-state index in [1.165, 1.54) is 0 Å². The van der Waals surface area contributed by atoms with Crippen molar-refractivity contribution >= 4 is 27.7 Å². The SMILES string of the molecule is C=C(/C=C/c1ccco1)Nc1ccc(Br)cc1. The summed E-state index contributed by atoms with van der Waals surface area (Å²) in [5, 5.41) is 3.19.